The van der Waals surface area contributed by atoms with Gasteiger partial charge in [0.1, 0.15) is 5.71 Å². The van der Waals surface area contributed by atoms with Gasteiger partial charge < -0.3 is 9.47 Å². The van der Waals surface area contributed by atoms with Gasteiger partial charge >= 0.3 is 0 Å². The maximum Gasteiger partial charge on any atom is 0.245 e. The third-order valence-corrected chi connectivity index (χ3v) is 2.80. The number of nitro groups is 1. The molecule has 1 aromatic carbocycles. The Kier molecular flexibility index (Phi) is 7.56. The van der Waals surface area contributed by atoms with E-state index in [2.05, 4.69) is 4.99 Å². The summed E-state index contributed by atoms with van der Waals surface area (Å²) in [6.07, 6.45) is -0.466. The lowest BCUT2D eigenvalue weighted by Gasteiger charge is -2.15. The average Bonchev–Trinajstić information content (AvgIpc) is 2.44. The third kappa shape index (κ3) is 6.46. The van der Waals surface area contributed by atoms with Gasteiger partial charge in [-0.3, -0.25) is 15.1 Å². The standard InChI is InChI=1S/C15H22N2O4/c1-4-20-15(21-5-2)10-16-14(11-17(18)19)13-8-6-12(3)7-9-13/h6-9,15H,4-5,10-11H2,1-3H3. The lowest BCUT2D eigenvalue weighted by molar-refractivity contribution is -0.462. The van der Waals surface area contributed by atoms with Gasteiger partial charge in [0.2, 0.25) is 6.54 Å². The summed E-state index contributed by atoms with van der Waals surface area (Å²) < 4.78 is 10.8. The van der Waals surface area contributed by atoms with Crippen molar-refractivity contribution in [1.29, 1.82) is 0 Å². The van der Waals surface area contributed by atoms with Crippen LogP contribution in [0.5, 0.6) is 0 Å². The predicted molar refractivity (Wildman–Crippen MR) is 81.5 cm³/mol. The number of hydrogen-bond acceptors (Lipinski definition) is 5. The lowest BCUT2D eigenvalue weighted by Crippen LogP contribution is -2.23. The maximum atomic E-state index is 10.8. The fraction of sp³-hybridized carbons (Fsp3) is 0.533. The number of benzene rings is 1. The number of hydrogen-bond donors (Lipinski definition) is 0. The molecule has 21 heavy (non-hydrogen) atoms. The molecule has 0 N–H and O–H groups in total. The van der Waals surface area contributed by atoms with E-state index in [0.29, 0.717) is 18.9 Å². The van der Waals surface area contributed by atoms with Crippen LogP contribution in [0.2, 0.25) is 0 Å². The molecule has 0 aliphatic carbocycles. The molecule has 6 heteroatoms. The van der Waals surface area contributed by atoms with E-state index in [-0.39, 0.29) is 18.0 Å². The largest absolute Gasteiger partial charge is 0.351 e. The Balaban J connectivity index is 2.87. The van der Waals surface area contributed by atoms with E-state index in [1.807, 2.05) is 45.0 Å². The van der Waals surface area contributed by atoms with Gasteiger partial charge in [0.25, 0.3) is 0 Å². The minimum atomic E-state index is -0.466. The molecular formula is C15H22N2O4. The first-order chi connectivity index (χ1) is 10.1. The van der Waals surface area contributed by atoms with Crippen molar-refractivity contribution in [1.82, 2.24) is 0 Å². The number of ether oxygens (including phenoxy) is 2. The van der Waals surface area contributed by atoms with Crippen LogP contribution in [0.15, 0.2) is 29.3 Å². The summed E-state index contributed by atoms with van der Waals surface area (Å²) in [4.78, 5) is 14.8. The van der Waals surface area contributed by atoms with E-state index < -0.39 is 6.29 Å². The highest BCUT2D eigenvalue weighted by Gasteiger charge is 2.13. The fourth-order valence-corrected chi connectivity index (χ4v) is 1.81. The molecule has 0 aliphatic heterocycles. The summed E-state index contributed by atoms with van der Waals surface area (Å²) in [5.41, 5.74) is 2.29. The van der Waals surface area contributed by atoms with Crippen LogP contribution in [0.3, 0.4) is 0 Å². The zero-order chi connectivity index (χ0) is 15.7. The van der Waals surface area contributed by atoms with E-state index in [1.165, 1.54) is 0 Å². The molecule has 116 valence electrons. The van der Waals surface area contributed by atoms with Gasteiger partial charge in [0.05, 0.1) is 6.54 Å². The van der Waals surface area contributed by atoms with Crippen molar-refractivity contribution < 1.29 is 14.4 Å². The van der Waals surface area contributed by atoms with Gasteiger partial charge in [-0.1, -0.05) is 29.8 Å². The van der Waals surface area contributed by atoms with Crippen LogP contribution in [0, 0.1) is 17.0 Å². The SMILES string of the molecule is CCOC(CN=C(C[N+](=O)[O-])c1ccc(C)cc1)OCC. The molecule has 0 aromatic heterocycles. The normalized spacial score (nSPS) is 11.9. The minimum absolute atomic E-state index is 0.249. The molecule has 1 rings (SSSR count). The van der Waals surface area contributed by atoms with Gasteiger partial charge in [-0.2, -0.15) is 0 Å². The fourth-order valence-electron chi connectivity index (χ4n) is 1.81. The Morgan fingerprint density at radius 1 is 1.24 bits per heavy atom. The third-order valence-electron chi connectivity index (χ3n) is 2.80. The molecule has 0 saturated carbocycles. The summed E-state index contributed by atoms with van der Waals surface area (Å²) in [5, 5.41) is 10.8. The van der Waals surface area contributed by atoms with Gasteiger partial charge in [0.15, 0.2) is 6.29 Å². The first-order valence-electron chi connectivity index (χ1n) is 7.02. The number of aryl methyl sites for hydroxylation is 1. The highest BCUT2D eigenvalue weighted by atomic mass is 16.7. The Hall–Kier alpha value is -1.79. The summed E-state index contributed by atoms with van der Waals surface area (Å²) >= 11 is 0. The van der Waals surface area contributed by atoms with Gasteiger partial charge in [-0.15, -0.1) is 0 Å². The van der Waals surface area contributed by atoms with Crippen molar-refractivity contribution in [2.24, 2.45) is 4.99 Å². The number of rotatable bonds is 9. The van der Waals surface area contributed by atoms with Crippen LogP contribution in [0.1, 0.15) is 25.0 Å². The van der Waals surface area contributed by atoms with Crippen LogP contribution in [-0.4, -0.2) is 43.2 Å². The Morgan fingerprint density at radius 2 is 1.81 bits per heavy atom. The second-order valence-corrected chi connectivity index (χ2v) is 4.48. The van der Waals surface area contributed by atoms with Gasteiger partial charge in [-0.25, -0.2) is 0 Å². The summed E-state index contributed by atoms with van der Waals surface area (Å²) in [7, 11) is 0. The second-order valence-electron chi connectivity index (χ2n) is 4.48. The van der Waals surface area contributed by atoms with E-state index >= 15 is 0 Å². The van der Waals surface area contributed by atoms with Crippen molar-refractivity contribution in [3.63, 3.8) is 0 Å². The molecule has 0 aliphatic rings. The molecule has 0 bridgehead atoms. The second kappa shape index (κ2) is 9.20. The van der Waals surface area contributed by atoms with E-state index in [1.54, 1.807) is 0 Å². The first kappa shape index (κ1) is 17.3. The number of nitrogens with zero attached hydrogens (tertiary/aromatic N) is 2. The van der Waals surface area contributed by atoms with Crippen LogP contribution in [0.25, 0.3) is 0 Å². The highest BCUT2D eigenvalue weighted by Crippen LogP contribution is 2.07. The molecule has 0 atom stereocenters. The summed E-state index contributed by atoms with van der Waals surface area (Å²) in [5.74, 6) is 0. The highest BCUT2D eigenvalue weighted by molar-refractivity contribution is 6.01. The van der Waals surface area contributed by atoms with E-state index in [0.717, 1.165) is 11.1 Å². The van der Waals surface area contributed by atoms with Crippen molar-refractivity contribution >= 4 is 5.71 Å². The van der Waals surface area contributed by atoms with Gasteiger partial charge in [0, 0.05) is 23.7 Å². The molecule has 0 amide bonds. The Morgan fingerprint density at radius 3 is 2.29 bits per heavy atom. The molecule has 0 spiro atoms. The molecule has 1 aromatic rings. The quantitative estimate of drug-likeness (QED) is 0.303. The maximum absolute atomic E-state index is 10.8. The van der Waals surface area contributed by atoms with Crippen molar-refractivity contribution in [2.45, 2.75) is 27.1 Å². The molecule has 0 heterocycles. The molecule has 6 nitrogen and oxygen atoms in total. The van der Waals surface area contributed by atoms with Crippen LogP contribution in [-0.2, 0) is 9.47 Å². The smallest absolute Gasteiger partial charge is 0.245 e. The average molecular weight is 294 g/mol. The van der Waals surface area contributed by atoms with E-state index in [4.69, 9.17) is 9.47 Å². The molecular weight excluding hydrogens is 272 g/mol. The van der Waals surface area contributed by atoms with Crippen molar-refractivity contribution in [3.05, 3.63) is 45.5 Å². The predicted octanol–water partition coefficient (Wildman–Crippen LogP) is 2.46. The monoisotopic (exact) mass is 294 g/mol. The zero-order valence-electron chi connectivity index (χ0n) is 12.7. The van der Waals surface area contributed by atoms with Crippen LogP contribution < -0.4 is 0 Å². The molecule has 0 fully saturated rings. The lowest BCUT2D eigenvalue weighted by atomic mass is 10.1. The zero-order valence-corrected chi connectivity index (χ0v) is 12.7. The Bertz CT molecular complexity index is 465. The van der Waals surface area contributed by atoms with Crippen molar-refractivity contribution in [3.8, 4) is 0 Å². The van der Waals surface area contributed by atoms with E-state index in [9.17, 15) is 10.1 Å². The summed E-state index contributed by atoms with van der Waals surface area (Å²) in [6, 6.07) is 7.50. The van der Waals surface area contributed by atoms with Gasteiger partial charge in [-0.05, 0) is 20.8 Å². The summed E-state index contributed by atoms with van der Waals surface area (Å²) in [6.45, 7) is 6.66. The molecule has 0 saturated heterocycles. The van der Waals surface area contributed by atoms with Crippen LogP contribution >= 0.6 is 0 Å². The Labute approximate surface area is 124 Å². The van der Waals surface area contributed by atoms with Crippen molar-refractivity contribution in [2.75, 3.05) is 26.3 Å². The molecule has 0 unspecified atom stereocenters. The topological polar surface area (TPSA) is 74.0 Å². The molecule has 0 radical (unpaired) electrons. The number of aliphatic imine (C=N–C) groups is 1. The first-order valence-corrected chi connectivity index (χ1v) is 7.02. The minimum Gasteiger partial charge on any atom is -0.351 e. The van der Waals surface area contributed by atoms with Crippen LogP contribution in [0.4, 0.5) is 0 Å².